The van der Waals surface area contributed by atoms with E-state index in [1.165, 1.54) is 18.4 Å². The number of hydrogen-bond acceptors (Lipinski definition) is 3. The van der Waals surface area contributed by atoms with E-state index in [1.54, 1.807) is 0 Å². The lowest BCUT2D eigenvalue weighted by Gasteiger charge is -2.38. The number of fused-ring (bicyclic) bond motifs is 1. The maximum Gasteiger partial charge on any atom is 0.191 e. The van der Waals surface area contributed by atoms with Crippen LogP contribution in [0.2, 0.25) is 0 Å². The molecule has 0 aromatic heterocycles. The van der Waals surface area contributed by atoms with Crippen LogP contribution in [0, 0.1) is 5.41 Å². The molecule has 0 amide bonds. The summed E-state index contributed by atoms with van der Waals surface area (Å²) in [7, 11) is 1.84. The Morgan fingerprint density at radius 1 is 1.30 bits per heavy atom. The lowest BCUT2D eigenvalue weighted by atomic mass is 9.90. The summed E-state index contributed by atoms with van der Waals surface area (Å²) in [5, 5.41) is 7.16. The molecule has 1 atom stereocenters. The molecule has 1 saturated carbocycles. The van der Waals surface area contributed by atoms with Crippen molar-refractivity contribution in [2.75, 3.05) is 26.8 Å². The van der Waals surface area contributed by atoms with Gasteiger partial charge in [-0.25, -0.2) is 0 Å². The molecule has 0 radical (unpaired) electrons. The molecule has 2 aliphatic rings. The van der Waals surface area contributed by atoms with Gasteiger partial charge in [0.15, 0.2) is 5.96 Å². The number of aliphatic imine (C=N–C) groups is 1. The zero-order valence-corrected chi connectivity index (χ0v) is 19.3. The molecule has 152 valence electrons. The summed E-state index contributed by atoms with van der Waals surface area (Å²) in [5.41, 5.74) is 1.40. The first-order valence-electron chi connectivity index (χ1n) is 9.80. The molecular formula is C21H34IN3O2. The van der Waals surface area contributed by atoms with Crippen LogP contribution < -0.4 is 15.4 Å². The number of nitrogens with zero attached hydrogens (tertiary/aromatic N) is 1. The summed E-state index contributed by atoms with van der Waals surface area (Å²) in [6.07, 6.45) is 4.58. The second-order valence-electron chi connectivity index (χ2n) is 8.17. The number of para-hydroxylation sites is 1. The van der Waals surface area contributed by atoms with Crippen LogP contribution in [0.5, 0.6) is 5.75 Å². The van der Waals surface area contributed by atoms with Gasteiger partial charge in [-0.05, 0) is 51.5 Å². The molecule has 27 heavy (non-hydrogen) atoms. The third-order valence-electron chi connectivity index (χ3n) is 5.48. The third kappa shape index (κ3) is 5.98. The molecule has 1 fully saturated rings. The van der Waals surface area contributed by atoms with Crippen molar-refractivity contribution >= 4 is 29.9 Å². The molecule has 1 heterocycles. The van der Waals surface area contributed by atoms with Crippen molar-refractivity contribution < 1.29 is 9.47 Å². The van der Waals surface area contributed by atoms with Gasteiger partial charge in [0, 0.05) is 38.8 Å². The minimum Gasteiger partial charge on any atom is -0.487 e. The van der Waals surface area contributed by atoms with Gasteiger partial charge in [0.1, 0.15) is 11.4 Å². The van der Waals surface area contributed by atoms with Gasteiger partial charge in [0.2, 0.25) is 0 Å². The molecule has 1 aromatic carbocycles. The number of hydrogen-bond donors (Lipinski definition) is 2. The maximum absolute atomic E-state index is 6.13. The molecule has 1 unspecified atom stereocenters. The lowest BCUT2D eigenvalue weighted by molar-refractivity contribution is 0.0693. The molecule has 1 aliphatic heterocycles. The first-order valence-corrected chi connectivity index (χ1v) is 9.80. The SMILES string of the molecule is CCOCCC1(CNC(=NC)NC2CC(C)(C)Oc3ccccc32)CC1.I. The molecule has 6 heteroatoms. The van der Waals surface area contributed by atoms with E-state index >= 15 is 0 Å². The van der Waals surface area contributed by atoms with Crippen molar-refractivity contribution in [3.05, 3.63) is 29.8 Å². The Hall–Kier alpha value is -1.02. The van der Waals surface area contributed by atoms with Gasteiger partial charge in [0.05, 0.1) is 6.04 Å². The summed E-state index contributed by atoms with van der Waals surface area (Å²) in [6, 6.07) is 8.48. The molecule has 0 saturated heterocycles. The van der Waals surface area contributed by atoms with E-state index in [9.17, 15) is 0 Å². The summed E-state index contributed by atoms with van der Waals surface area (Å²) in [6.45, 7) is 8.93. The van der Waals surface area contributed by atoms with Gasteiger partial charge in [-0.1, -0.05) is 18.2 Å². The van der Waals surface area contributed by atoms with Crippen LogP contribution in [0.4, 0.5) is 0 Å². The molecule has 0 bridgehead atoms. The standard InChI is InChI=1S/C21H33N3O2.HI/c1-5-25-13-12-21(10-11-21)15-23-19(22-4)24-17-14-20(2,3)26-18-9-7-6-8-16(17)18;/h6-9,17H,5,10-15H2,1-4H3,(H2,22,23,24);1H. The molecule has 5 nitrogen and oxygen atoms in total. The smallest absolute Gasteiger partial charge is 0.191 e. The quantitative estimate of drug-likeness (QED) is 0.261. The van der Waals surface area contributed by atoms with Crippen molar-refractivity contribution in [1.82, 2.24) is 10.6 Å². The highest BCUT2D eigenvalue weighted by molar-refractivity contribution is 14.0. The van der Waals surface area contributed by atoms with E-state index < -0.39 is 0 Å². The van der Waals surface area contributed by atoms with Gasteiger partial charge in [-0.2, -0.15) is 0 Å². The number of rotatable bonds is 7. The van der Waals surface area contributed by atoms with E-state index in [4.69, 9.17) is 9.47 Å². The third-order valence-corrected chi connectivity index (χ3v) is 5.48. The fourth-order valence-corrected chi connectivity index (χ4v) is 3.69. The van der Waals surface area contributed by atoms with E-state index in [1.807, 2.05) is 19.2 Å². The van der Waals surface area contributed by atoms with Gasteiger partial charge in [-0.3, -0.25) is 4.99 Å². The van der Waals surface area contributed by atoms with Crippen LogP contribution in [0.3, 0.4) is 0 Å². The van der Waals surface area contributed by atoms with Gasteiger partial charge in [0.25, 0.3) is 0 Å². The topological polar surface area (TPSA) is 54.9 Å². The van der Waals surface area contributed by atoms with Gasteiger partial charge in [-0.15, -0.1) is 24.0 Å². The fraction of sp³-hybridized carbons (Fsp3) is 0.667. The average Bonchev–Trinajstić information content (AvgIpc) is 3.38. The van der Waals surface area contributed by atoms with Crippen molar-refractivity contribution in [3.63, 3.8) is 0 Å². The van der Waals surface area contributed by atoms with Crippen LogP contribution in [-0.2, 0) is 4.74 Å². The van der Waals surface area contributed by atoms with Crippen molar-refractivity contribution in [1.29, 1.82) is 0 Å². The van der Waals surface area contributed by atoms with Gasteiger partial charge >= 0.3 is 0 Å². The average molecular weight is 487 g/mol. The molecule has 2 N–H and O–H groups in total. The van der Waals surface area contributed by atoms with Crippen LogP contribution in [-0.4, -0.2) is 38.4 Å². The Morgan fingerprint density at radius 2 is 2.04 bits per heavy atom. The molecule has 0 spiro atoms. The summed E-state index contributed by atoms with van der Waals surface area (Å²) in [5.74, 6) is 1.83. The van der Waals surface area contributed by atoms with Crippen LogP contribution in [0.15, 0.2) is 29.3 Å². The molecule has 3 rings (SSSR count). The first kappa shape index (κ1) is 22.3. The van der Waals surface area contributed by atoms with E-state index in [0.717, 1.165) is 44.3 Å². The Kier molecular flexibility index (Phi) is 7.80. The minimum atomic E-state index is -0.194. The van der Waals surface area contributed by atoms with Crippen molar-refractivity contribution in [2.45, 2.75) is 58.1 Å². The minimum absolute atomic E-state index is 0. The highest BCUT2D eigenvalue weighted by atomic mass is 127. The number of ether oxygens (including phenoxy) is 2. The maximum atomic E-state index is 6.13. The van der Waals surface area contributed by atoms with Gasteiger partial charge < -0.3 is 20.1 Å². The van der Waals surface area contributed by atoms with Crippen LogP contribution in [0.1, 0.15) is 58.1 Å². The monoisotopic (exact) mass is 487 g/mol. The Labute approximate surface area is 180 Å². The Bertz CT molecular complexity index is 644. The summed E-state index contributed by atoms with van der Waals surface area (Å²) >= 11 is 0. The first-order chi connectivity index (χ1) is 12.5. The van der Waals surface area contributed by atoms with E-state index in [2.05, 4.69) is 48.5 Å². The summed E-state index contributed by atoms with van der Waals surface area (Å²) < 4.78 is 11.7. The molecular weight excluding hydrogens is 453 g/mol. The number of guanidine groups is 1. The second-order valence-corrected chi connectivity index (χ2v) is 8.17. The second kappa shape index (κ2) is 9.45. The Balaban J connectivity index is 0.00000261. The lowest BCUT2D eigenvalue weighted by Crippen LogP contribution is -2.46. The summed E-state index contributed by atoms with van der Waals surface area (Å²) in [4.78, 5) is 4.45. The largest absolute Gasteiger partial charge is 0.487 e. The van der Waals surface area contributed by atoms with Crippen molar-refractivity contribution in [2.24, 2.45) is 10.4 Å². The predicted molar refractivity (Wildman–Crippen MR) is 121 cm³/mol. The Morgan fingerprint density at radius 3 is 2.70 bits per heavy atom. The fourth-order valence-electron chi connectivity index (χ4n) is 3.69. The zero-order valence-electron chi connectivity index (χ0n) is 17.0. The van der Waals surface area contributed by atoms with E-state index in [0.29, 0.717) is 5.41 Å². The number of benzene rings is 1. The van der Waals surface area contributed by atoms with Crippen LogP contribution >= 0.6 is 24.0 Å². The zero-order chi connectivity index (χ0) is 18.6. The van der Waals surface area contributed by atoms with Crippen molar-refractivity contribution in [3.8, 4) is 5.75 Å². The molecule has 1 aromatic rings. The number of halogens is 1. The normalized spacial score (nSPS) is 22.1. The molecule has 1 aliphatic carbocycles. The van der Waals surface area contributed by atoms with Crippen LogP contribution in [0.25, 0.3) is 0 Å². The number of nitrogens with one attached hydrogen (secondary N) is 2. The highest BCUT2D eigenvalue weighted by Crippen LogP contribution is 2.48. The highest BCUT2D eigenvalue weighted by Gasteiger charge is 2.42. The predicted octanol–water partition coefficient (Wildman–Crippen LogP) is 4.28. The van der Waals surface area contributed by atoms with E-state index in [-0.39, 0.29) is 35.6 Å².